The zero-order chi connectivity index (χ0) is 13.1. The average molecular weight is 244 g/mol. The first kappa shape index (κ1) is 12.2. The quantitative estimate of drug-likeness (QED) is 0.895. The summed E-state index contributed by atoms with van der Waals surface area (Å²) in [5, 5.41) is 0. The van der Waals surface area contributed by atoms with E-state index in [9.17, 15) is 4.79 Å². The molecule has 94 valence electrons. The highest BCUT2D eigenvalue weighted by atomic mass is 16.5. The van der Waals surface area contributed by atoms with Crippen LogP contribution >= 0.6 is 0 Å². The molecule has 1 aromatic heterocycles. The van der Waals surface area contributed by atoms with Crippen LogP contribution in [0.1, 0.15) is 11.1 Å². The third-order valence-corrected chi connectivity index (χ3v) is 2.78. The molecular weight excluding hydrogens is 228 g/mol. The molecule has 2 rings (SSSR count). The van der Waals surface area contributed by atoms with Crippen LogP contribution in [-0.4, -0.2) is 11.7 Å². The molecule has 0 bridgehead atoms. The molecule has 0 aliphatic carbocycles. The topological polar surface area (TPSA) is 57.2 Å². The Morgan fingerprint density at radius 2 is 2.06 bits per heavy atom. The molecule has 0 unspecified atom stereocenters. The average Bonchev–Trinajstić information content (AvgIpc) is 2.34. The van der Waals surface area contributed by atoms with Crippen molar-refractivity contribution in [3.8, 4) is 5.75 Å². The number of methoxy groups -OCH3 is 1. The summed E-state index contributed by atoms with van der Waals surface area (Å²) in [4.78, 5) is 11.7. The molecule has 0 atom stereocenters. The van der Waals surface area contributed by atoms with Crippen molar-refractivity contribution in [1.29, 1.82) is 0 Å². The van der Waals surface area contributed by atoms with Crippen molar-refractivity contribution in [2.24, 2.45) is 0 Å². The van der Waals surface area contributed by atoms with Crippen molar-refractivity contribution in [1.82, 2.24) is 4.57 Å². The molecular formula is C14H16N2O2. The van der Waals surface area contributed by atoms with Gasteiger partial charge in [0.2, 0.25) is 0 Å². The summed E-state index contributed by atoms with van der Waals surface area (Å²) in [6.45, 7) is 2.46. The van der Waals surface area contributed by atoms with E-state index >= 15 is 0 Å². The number of hydrogen-bond donors (Lipinski definition) is 1. The zero-order valence-electron chi connectivity index (χ0n) is 10.5. The lowest BCUT2D eigenvalue weighted by Crippen LogP contribution is -2.19. The van der Waals surface area contributed by atoms with Crippen LogP contribution in [0.15, 0.2) is 41.3 Å². The molecule has 0 saturated heterocycles. The summed E-state index contributed by atoms with van der Waals surface area (Å²) in [7, 11) is 1.62. The number of aryl methyl sites for hydroxylation is 1. The third kappa shape index (κ3) is 2.53. The number of ether oxygens (including phenoxy) is 1. The minimum absolute atomic E-state index is 0.0761. The Balaban J connectivity index is 2.42. The van der Waals surface area contributed by atoms with Crippen molar-refractivity contribution < 1.29 is 4.74 Å². The Hall–Kier alpha value is -2.23. The Labute approximate surface area is 106 Å². The number of pyridine rings is 1. The molecule has 1 heterocycles. The maximum absolute atomic E-state index is 11.7. The predicted molar refractivity (Wildman–Crippen MR) is 71.9 cm³/mol. The standard InChI is InChI=1S/C14H16N2O2/c1-10-3-5-13(18-2)11(7-10)8-16-9-12(15)4-6-14(16)17/h3-7,9H,8,15H2,1-2H3. The fraction of sp³-hybridized carbons (Fsp3) is 0.214. The number of nitrogen functional groups attached to an aromatic ring is 1. The molecule has 4 heteroatoms. The number of nitrogens with zero attached hydrogens (tertiary/aromatic N) is 1. The predicted octanol–water partition coefficient (Wildman–Crippen LogP) is 1.80. The van der Waals surface area contributed by atoms with Crippen LogP contribution < -0.4 is 16.0 Å². The molecule has 0 saturated carbocycles. The molecule has 2 aromatic rings. The normalized spacial score (nSPS) is 10.3. The van der Waals surface area contributed by atoms with E-state index in [1.54, 1.807) is 23.9 Å². The van der Waals surface area contributed by atoms with E-state index in [2.05, 4.69) is 0 Å². The van der Waals surface area contributed by atoms with Gasteiger partial charge in [-0.3, -0.25) is 4.79 Å². The third-order valence-electron chi connectivity index (χ3n) is 2.78. The highest BCUT2D eigenvalue weighted by Crippen LogP contribution is 2.20. The van der Waals surface area contributed by atoms with E-state index in [-0.39, 0.29) is 5.56 Å². The Kier molecular flexibility index (Phi) is 3.37. The van der Waals surface area contributed by atoms with Crippen LogP contribution in [0, 0.1) is 6.92 Å². The summed E-state index contributed by atoms with van der Waals surface area (Å²) < 4.78 is 6.87. The van der Waals surface area contributed by atoms with Gasteiger partial charge in [-0.25, -0.2) is 0 Å². The van der Waals surface area contributed by atoms with Crippen LogP contribution in [0.5, 0.6) is 5.75 Å². The SMILES string of the molecule is COc1ccc(C)cc1Cn1cc(N)ccc1=O. The number of nitrogens with two attached hydrogens (primary N) is 1. The Morgan fingerprint density at radius 3 is 2.78 bits per heavy atom. The van der Waals surface area contributed by atoms with E-state index in [1.807, 2.05) is 25.1 Å². The molecule has 0 amide bonds. The Morgan fingerprint density at radius 1 is 1.28 bits per heavy atom. The maximum atomic E-state index is 11.7. The van der Waals surface area contributed by atoms with E-state index in [0.717, 1.165) is 16.9 Å². The highest BCUT2D eigenvalue weighted by Gasteiger charge is 2.05. The van der Waals surface area contributed by atoms with Crippen LogP contribution in [0.3, 0.4) is 0 Å². The second kappa shape index (κ2) is 4.96. The zero-order valence-corrected chi connectivity index (χ0v) is 10.5. The molecule has 18 heavy (non-hydrogen) atoms. The van der Waals surface area contributed by atoms with Gasteiger partial charge in [0, 0.05) is 23.5 Å². The minimum atomic E-state index is -0.0761. The monoisotopic (exact) mass is 244 g/mol. The first-order valence-electron chi connectivity index (χ1n) is 5.69. The van der Waals surface area contributed by atoms with Gasteiger partial charge in [0.15, 0.2) is 0 Å². The van der Waals surface area contributed by atoms with Gasteiger partial charge in [0.05, 0.1) is 13.7 Å². The number of hydrogen-bond acceptors (Lipinski definition) is 3. The molecule has 0 aliphatic rings. The van der Waals surface area contributed by atoms with E-state index in [0.29, 0.717) is 12.2 Å². The number of aromatic nitrogens is 1. The van der Waals surface area contributed by atoms with Gasteiger partial charge in [-0.05, 0) is 19.1 Å². The van der Waals surface area contributed by atoms with E-state index in [4.69, 9.17) is 10.5 Å². The maximum Gasteiger partial charge on any atom is 0.250 e. The summed E-state index contributed by atoms with van der Waals surface area (Å²) >= 11 is 0. The molecule has 0 fully saturated rings. The van der Waals surface area contributed by atoms with Crippen LogP contribution in [-0.2, 0) is 6.54 Å². The van der Waals surface area contributed by atoms with Crippen LogP contribution in [0.2, 0.25) is 0 Å². The molecule has 4 nitrogen and oxygen atoms in total. The molecule has 0 aliphatic heterocycles. The van der Waals surface area contributed by atoms with Gasteiger partial charge < -0.3 is 15.0 Å². The minimum Gasteiger partial charge on any atom is -0.496 e. The molecule has 1 aromatic carbocycles. The second-order valence-electron chi connectivity index (χ2n) is 4.24. The van der Waals surface area contributed by atoms with Crippen molar-refractivity contribution in [2.75, 3.05) is 12.8 Å². The van der Waals surface area contributed by atoms with Gasteiger partial charge in [0.1, 0.15) is 5.75 Å². The number of benzene rings is 1. The lowest BCUT2D eigenvalue weighted by atomic mass is 10.1. The number of anilines is 1. The lowest BCUT2D eigenvalue weighted by Gasteiger charge is -2.11. The fourth-order valence-corrected chi connectivity index (χ4v) is 1.89. The molecule has 0 radical (unpaired) electrons. The van der Waals surface area contributed by atoms with Crippen molar-refractivity contribution in [3.63, 3.8) is 0 Å². The molecule has 0 spiro atoms. The first-order chi connectivity index (χ1) is 8.60. The smallest absolute Gasteiger partial charge is 0.250 e. The van der Waals surface area contributed by atoms with Gasteiger partial charge in [-0.2, -0.15) is 0 Å². The lowest BCUT2D eigenvalue weighted by molar-refractivity contribution is 0.408. The van der Waals surface area contributed by atoms with E-state index < -0.39 is 0 Å². The van der Waals surface area contributed by atoms with Crippen LogP contribution in [0.25, 0.3) is 0 Å². The highest BCUT2D eigenvalue weighted by molar-refractivity contribution is 5.38. The second-order valence-corrected chi connectivity index (χ2v) is 4.24. The largest absolute Gasteiger partial charge is 0.496 e. The summed E-state index contributed by atoms with van der Waals surface area (Å²) in [5.74, 6) is 0.773. The fourth-order valence-electron chi connectivity index (χ4n) is 1.89. The number of rotatable bonds is 3. The van der Waals surface area contributed by atoms with Gasteiger partial charge in [-0.15, -0.1) is 0 Å². The summed E-state index contributed by atoms with van der Waals surface area (Å²) in [5.41, 5.74) is 8.28. The van der Waals surface area contributed by atoms with Crippen molar-refractivity contribution in [2.45, 2.75) is 13.5 Å². The van der Waals surface area contributed by atoms with Crippen molar-refractivity contribution >= 4 is 5.69 Å². The Bertz CT molecular complexity index is 617. The van der Waals surface area contributed by atoms with Crippen LogP contribution in [0.4, 0.5) is 5.69 Å². The first-order valence-corrected chi connectivity index (χ1v) is 5.69. The van der Waals surface area contributed by atoms with Gasteiger partial charge in [0.25, 0.3) is 5.56 Å². The van der Waals surface area contributed by atoms with E-state index in [1.165, 1.54) is 6.07 Å². The summed E-state index contributed by atoms with van der Waals surface area (Å²) in [6.07, 6.45) is 1.64. The van der Waals surface area contributed by atoms with Gasteiger partial charge in [-0.1, -0.05) is 17.7 Å². The van der Waals surface area contributed by atoms with Crippen molar-refractivity contribution in [3.05, 3.63) is 58.0 Å². The molecule has 2 N–H and O–H groups in total. The van der Waals surface area contributed by atoms with Gasteiger partial charge >= 0.3 is 0 Å². The summed E-state index contributed by atoms with van der Waals surface area (Å²) in [6, 6.07) is 8.96.